The Bertz CT molecular complexity index is 1230. The van der Waals surface area contributed by atoms with E-state index in [2.05, 4.69) is 5.32 Å². The van der Waals surface area contributed by atoms with Gasteiger partial charge in [-0.2, -0.15) is 0 Å². The first-order valence-corrected chi connectivity index (χ1v) is 9.30. The molecule has 1 aliphatic heterocycles. The van der Waals surface area contributed by atoms with Crippen molar-refractivity contribution >= 4 is 41.0 Å². The smallest absolute Gasteiger partial charge is 0.333 e. The zero-order valence-electron chi connectivity index (χ0n) is 16.0. The summed E-state index contributed by atoms with van der Waals surface area (Å²) in [6.07, 6.45) is 1.38. The number of carbonyl (C=O) groups excluding carboxylic acids is 2. The van der Waals surface area contributed by atoms with Crippen LogP contribution in [0.5, 0.6) is 5.75 Å². The number of benzene rings is 2. The van der Waals surface area contributed by atoms with Gasteiger partial charge in [-0.1, -0.05) is 11.6 Å². The van der Waals surface area contributed by atoms with E-state index in [1.807, 2.05) is 0 Å². The number of methoxy groups -OCH3 is 1. The summed E-state index contributed by atoms with van der Waals surface area (Å²) >= 11 is 5.85. The van der Waals surface area contributed by atoms with Gasteiger partial charge in [0.05, 0.1) is 23.3 Å². The number of imide groups is 1. The summed E-state index contributed by atoms with van der Waals surface area (Å²) < 4.78 is 11.0. The number of hydrogen-bond donors (Lipinski definition) is 1. The van der Waals surface area contributed by atoms with Crippen molar-refractivity contribution in [3.63, 3.8) is 0 Å². The van der Waals surface area contributed by atoms with E-state index in [-0.39, 0.29) is 17.1 Å². The van der Waals surface area contributed by atoms with Crippen LogP contribution in [0, 0.1) is 10.1 Å². The molecule has 0 atom stereocenters. The normalized spacial score (nSPS) is 14.8. The van der Waals surface area contributed by atoms with E-state index in [1.165, 1.54) is 31.4 Å². The van der Waals surface area contributed by atoms with E-state index < -0.39 is 16.9 Å². The largest absolute Gasteiger partial charge is 0.496 e. The van der Waals surface area contributed by atoms with Crippen LogP contribution in [0.2, 0.25) is 5.02 Å². The lowest BCUT2D eigenvalue weighted by molar-refractivity contribution is -0.384. The summed E-state index contributed by atoms with van der Waals surface area (Å²) in [5.41, 5.74) is 0.651. The fraction of sp³-hybridized carbons (Fsp3) is 0.0476. The Labute approximate surface area is 180 Å². The zero-order valence-corrected chi connectivity index (χ0v) is 16.8. The number of nitrogens with zero attached hydrogens (tertiary/aromatic N) is 2. The van der Waals surface area contributed by atoms with Crippen molar-refractivity contribution in [2.75, 3.05) is 12.0 Å². The highest BCUT2D eigenvalue weighted by atomic mass is 35.5. The van der Waals surface area contributed by atoms with Crippen molar-refractivity contribution in [3.05, 3.63) is 81.2 Å². The van der Waals surface area contributed by atoms with Gasteiger partial charge in [-0.25, -0.2) is 9.69 Å². The van der Waals surface area contributed by atoms with E-state index in [1.54, 1.807) is 36.4 Å². The Hall–Kier alpha value is -4.11. The summed E-state index contributed by atoms with van der Waals surface area (Å²) in [5, 5.41) is 14.1. The van der Waals surface area contributed by atoms with Gasteiger partial charge in [-0.05, 0) is 42.5 Å². The maximum Gasteiger partial charge on any atom is 0.333 e. The average Bonchev–Trinajstić information content (AvgIpc) is 3.33. The van der Waals surface area contributed by atoms with E-state index in [9.17, 15) is 19.7 Å². The quantitative estimate of drug-likeness (QED) is 0.268. The molecule has 3 amide bonds. The molecule has 2 aromatic carbocycles. The molecular weight excluding hydrogens is 426 g/mol. The Morgan fingerprint density at radius 3 is 2.55 bits per heavy atom. The molecule has 156 valence electrons. The van der Waals surface area contributed by atoms with Crippen LogP contribution in [0.4, 0.5) is 16.2 Å². The van der Waals surface area contributed by atoms with Crippen molar-refractivity contribution in [3.8, 4) is 17.1 Å². The molecule has 1 saturated heterocycles. The predicted octanol–water partition coefficient (Wildman–Crippen LogP) is 4.61. The van der Waals surface area contributed by atoms with Crippen molar-refractivity contribution in [2.24, 2.45) is 0 Å². The van der Waals surface area contributed by atoms with Crippen LogP contribution in [0.1, 0.15) is 5.76 Å². The molecule has 3 aromatic rings. The monoisotopic (exact) mass is 439 g/mol. The molecule has 1 N–H and O–H groups in total. The summed E-state index contributed by atoms with van der Waals surface area (Å²) in [4.78, 5) is 36.5. The molecule has 4 rings (SSSR count). The maximum atomic E-state index is 12.7. The number of ether oxygens (including phenoxy) is 1. The number of furan rings is 1. The minimum absolute atomic E-state index is 0.0202. The van der Waals surface area contributed by atoms with Gasteiger partial charge >= 0.3 is 6.03 Å². The number of non-ortho nitro benzene ring substituents is 1. The highest BCUT2D eigenvalue weighted by Crippen LogP contribution is 2.35. The molecule has 9 nitrogen and oxygen atoms in total. The minimum atomic E-state index is -0.606. The van der Waals surface area contributed by atoms with Gasteiger partial charge < -0.3 is 14.5 Å². The van der Waals surface area contributed by atoms with E-state index >= 15 is 0 Å². The fourth-order valence-electron chi connectivity index (χ4n) is 3.08. The topological polar surface area (TPSA) is 115 Å². The third kappa shape index (κ3) is 3.86. The van der Waals surface area contributed by atoms with Crippen LogP contribution in [-0.4, -0.2) is 24.0 Å². The first kappa shape index (κ1) is 20.2. The molecule has 0 bridgehead atoms. The van der Waals surface area contributed by atoms with Gasteiger partial charge in [-0.3, -0.25) is 14.9 Å². The number of hydrogen-bond acceptors (Lipinski definition) is 6. The number of rotatable bonds is 5. The lowest BCUT2D eigenvalue weighted by Crippen LogP contribution is -2.30. The minimum Gasteiger partial charge on any atom is -0.496 e. The molecule has 1 aliphatic rings. The molecular formula is C21H14ClN3O6. The van der Waals surface area contributed by atoms with Crippen molar-refractivity contribution in [1.82, 2.24) is 5.32 Å². The molecule has 1 fully saturated rings. The Morgan fingerprint density at radius 1 is 1.13 bits per heavy atom. The molecule has 0 aliphatic carbocycles. The second kappa shape index (κ2) is 7.96. The SMILES string of the molecule is COc1ccc([N+](=O)[O-])cc1-c1ccc(/C=C2/NC(=O)N(c3ccc(Cl)cc3)C2=O)o1. The third-order valence-corrected chi connectivity index (χ3v) is 4.79. The first-order valence-electron chi connectivity index (χ1n) is 8.92. The molecule has 31 heavy (non-hydrogen) atoms. The second-order valence-electron chi connectivity index (χ2n) is 6.45. The van der Waals surface area contributed by atoms with Gasteiger partial charge in [-0.15, -0.1) is 0 Å². The van der Waals surface area contributed by atoms with Crippen LogP contribution in [-0.2, 0) is 4.79 Å². The molecule has 0 radical (unpaired) electrons. The molecule has 2 heterocycles. The Morgan fingerprint density at radius 2 is 1.87 bits per heavy atom. The summed E-state index contributed by atoms with van der Waals surface area (Å²) in [6.45, 7) is 0. The van der Waals surface area contributed by atoms with Gasteiger partial charge in [0.2, 0.25) is 0 Å². The van der Waals surface area contributed by atoms with Crippen molar-refractivity contribution in [2.45, 2.75) is 0 Å². The molecule has 0 saturated carbocycles. The highest BCUT2D eigenvalue weighted by Gasteiger charge is 2.35. The van der Waals surface area contributed by atoms with Crippen LogP contribution >= 0.6 is 11.6 Å². The fourth-order valence-corrected chi connectivity index (χ4v) is 3.21. The van der Waals surface area contributed by atoms with Crippen LogP contribution in [0.25, 0.3) is 17.4 Å². The Balaban J connectivity index is 1.64. The van der Waals surface area contributed by atoms with E-state index in [0.717, 1.165) is 4.90 Å². The molecule has 10 heteroatoms. The summed E-state index contributed by atoms with van der Waals surface area (Å²) in [6, 6.07) is 13.0. The summed E-state index contributed by atoms with van der Waals surface area (Å²) in [5.74, 6) is 0.403. The standard InChI is InChI=1S/C21H14ClN3O6/c1-30-18-8-6-14(25(28)29)10-16(18)19-9-7-15(31-19)11-17-20(26)24(21(27)23-17)13-4-2-12(22)3-5-13/h2-11H,1H3,(H,23,27)/b17-11+. The highest BCUT2D eigenvalue weighted by molar-refractivity contribution is 6.31. The number of halogens is 1. The van der Waals surface area contributed by atoms with Gasteiger partial charge in [0.15, 0.2) is 0 Å². The van der Waals surface area contributed by atoms with Crippen LogP contribution < -0.4 is 15.0 Å². The van der Waals surface area contributed by atoms with Crippen LogP contribution in [0.15, 0.2) is 64.7 Å². The van der Waals surface area contributed by atoms with Gasteiger partial charge in [0.1, 0.15) is 23.0 Å². The number of carbonyl (C=O) groups is 2. The lowest BCUT2D eigenvalue weighted by atomic mass is 10.1. The number of amides is 3. The number of urea groups is 1. The molecule has 0 unspecified atom stereocenters. The third-order valence-electron chi connectivity index (χ3n) is 4.54. The number of nitro benzene ring substituents is 1. The Kier molecular flexibility index (Phi) is 5.18. The van der Waals surface area contributed by atoms with Crippen molar-refractivity contribution < 1.29 is 23.7 Å². The number of nitrogens with one attached hydrogen (secondary N) is 1. The number of anilines is 1. The van der Waals surface area contributed by atoms with Crippen molar-refractivity contribution in [1.29, 1.82) is 0 Å². The zero-order chi connectivity index (χ0) is 22.1. The number of nitro groups is 1. The predicted molar refractivity (Wildman–Crippen MR) is 113 cm³/mol. The molecule has 0 spiro atoms. The first-order chi connectivity index (χ1) is 14.9. The van der Waals surface area contributed by atoms with E-state index in [0.29, 0.717) is 27.8 Å². The summed E-state index contributed by atoms with van der Waals surface area (Å²) in [7, 11) is 1.44. The second-order valence-corrected chi connectivity index (χ2v) is 6.89. The average molecular weight is 440 g/mol. The maximum absolute atomic E-state index is 12.7. The van der Waals surface area contributed by atoms with Crippen LogP contribution in [0.3, 0.4) is 0 Å². The lowest BCUT2D eigenvalue weighted by Gasteiger charge is -2.11. The van der Waals surface area contributed by atoms with E-state index in [4.69, 9.17) is 20.8 Å². The molecule has 1 aromatic heterocycles. The van der Waals surface area contributed by atoms with Gasteiger partial charge in [0.25, 0.3) is 11.6 Å². The van der Waals surface area contributed by atoms with Gasteiger partial charge in [0, 0.05) is 23.2 Å².